The molecule has 0 atom stereocenters. The third-order valence-electron chi connectivity index (χ3n) is 3.78. The van der Waals surface area contributed by atoms with Gasteiger partial charge in [0.1, 0.15) is 0 Å². The third kappa shape index (κ3) is 4.43. The topological polar surface area (TPSA) is 32.8 Å². The fourth-order valence-electron chi connectivity index (χ4n) is 2.65. The van der Waals surface area contributed by atoms with Gasteiger partial charge in [0.05, 0.1) is 13.7 Å². The molecule has 1 amide bonds. The molecule has 0 aromatic heterocycles. The molecule has 0 spiro atoms. The fraction of sp³-hybridized carbons (Fsp3) is 0.562. The first-order valence-corrected chi connectivity index (χ1v) is 7.39. The van der Waals surface area contributed by atoms with Crippen molar-refractivity contribution >= 4 is 5.91 Å². The summed E-state index contributed by atoms with van der Waals surface area (Å²) in [7, 11) is 3.32. The number of rotatable bonds is 5. The summed E-state index contributed by atoms with van der Waals surface area (Å²) in [4.78, 5) is 16.0. The van der Waals surface area contributed by atoms with Gasteiger partial charge in [-0.2, -0.15) is 0 Å². The van der Waals surface area contributed by atoms with Gasteiger partial charge >= 0.3 is 0 Å². The number of carbonyl (C=O) groups is 1. The predicted molar refractivity (Wildman–Crippen MR) is 79.7 cm³/mol. The van der Waals surface area contributed by atoms with E-state index in [4.69, 9.17) is 4.74 Å². The molecule has 116 valence electrons. The zero-order chi connectivity index (χ0) is 15.2. The Labute approximate surface area is 125 Å². The fourth-order valence-corrected chi connectivity index (χ4v) is 2.65. The largest absolute Gasteiger partial charge is 0.494 e. The first kappa shape index (κ1) is 15.8. The van der Waals surface area contributed by atoms with Crippen LogP contribution in [0.2, 0.25) is 0 Å². The lowest BCUT2D eigenvalue weighted by Crippen LogP contribution is -2.41. The summed E-state index contributed by atoms with van der Waals surface area (Å²) >= 11 is 0. The molecule has 4 nitrogen and oxygen atoms in total. The lowest BCUT2D eigenvalue weighted by atomic mass is 10.1. The van der Waals surface area contributed by atoms with Gasteiger partial charge in [0.15, 0.2) is 11.6 Å². The second kappa shape index (κ2) is 7.41. The van der Waals surface area contributed by atoms with Crippen molar-refractivity contribution in [3.63, 3.8) is 0 Å². The summed E-state index contributed by atoms with van der Waals surface area (Å²) < 4.78 is 18.5. The van der Waals surface area contributed by atoms with E-state index in [-0.39, 0.29) is 17.5 Å². The van der Waals surface area contributed by atoms with Crippen LogP contribution in [-0.4, -0.2) is 49.5 Å². The zero-order valence-electron chi connectivity index (χ0n) is 12.8. The Hall–Kier alpha value is -1.62. The average molecular weight is 294 g/mol. The van der Waals surface area contributed by atoms with Crippen LogP contribution in [-0.2, 0) is 11.3 Å². The van der Waals surface area contributed by atoms with Gasteiger partial charge in [0.25, 0.3) is 0 Å². The molecule has 0 N–H and O–H groups in total. The number of methoxy groups -OCH3 is 1. The van der Waals surface area contributed by atoms with E-state index in [1.807, 2.05) is 22.9 Å². The van der Waals surface area contributed by atoms with E-state index >= 15 is 0 Å². The number of carbonyl (C=O) groups excluding carboxylic acids is 1. The molecule has 2 rings (SSSR count). The SMILES string of the molecule is COc1ccc(CN(C)CC(=O)N2CCCCC2)cc1F. The van der Waals surface area contributed by atoms with Crippen LogP contribution in [0.25, 0.3) is 0 Å². The maximum absolute atomic E-state index is 13.6. The van der Waals surface area contributed by atoms with Crippen LogP contribution >= 0.6 is 0 Å². The quantitative estimate of drug-likeness (QED) is 0.835. The van der Waals surface area contributed by atoms with E-state index in [0.717, 1.165) is 31.5 Å². The average Bonchev–Trinajstić information content (AvgIpc) is 2.48. The Kier molecular flexibility index (Phi) is 5.56. The van der Waals surface area contributed by atoms with Crippen LogP contribution < -0.4 is 4.74 Å². The van der Waals surface area contributed by atoms with Gasteiger partial charge in [-0.25, -0.2) is 4.39 Å². The van der Waals surface area contributed by atoms with Crippen LogP contribution in [0.15, 0.2) is 18.2 Å². The molecule has 0 saturated carbocycles. The number of hydrogen-bond donors (Lipinski definition) is 0. The van der Waals surface area contributed by atoms with Crippen molar-refractivity contribution in [2.75, 3.05) is 33.8 Å². The van der Waals surface area contributed by atoms with Crippen molar-refractivity contribution < 1.29 is 13.9 Å². The zero-order valence-corrected chi connectivity index (χ0v) is 12.8. The van der Waals surface area contributed by atoms with Gasteiger partial charge in [-0.1, -0.05) is 6.07 Å². The van der Waals surface area contributed by atoms with E-state index in [1.165, 1.54) is 19.6 Å². The highest BCUT2D eigenvalue weighted by molar-refractivity contribution is 5.78. The Morgan fingerprint density at radius 3 is 2.67 bits per heavy atom. The molecule has 1 aliphatic heterocycles. The van der Waals surface area contributed by atoms with Gasteiger partial charge < -0.3 is 9.64 Å². The van der Waals surface area contributed by atoms with Crippen LogP contribution in [0.3, 0.4) is 0 Å². The lowest BCUT2D eigenvalue weighted by Gasteiger charge is -2.28. The molecule has 1 saturated heterocycles. The number of nitrogens with zero attached hydrogens (tertiary/aromatic N) is 2. The van der Waals surface area contributed by atoms with Crippen molar-refractivity contribution in [2.24, 2.45) is 0 Å². The normalized spacial score (nSPS) is 15.3. The molecule has 21 heavy (non-hydrogen) atoms. The smallest absolute Gasteiger partial charge is 0.236 e. The molecular formula is C16H23FN2O2. The molecule has 0 unspecified atom stereocenters. The molecule has 1 heterocycles. The van der Waals surface area contributed by atoms with Gasteiger partial charge in [-0.3, -0.25) is 9.69 Å². The van der Waals surface area contributed by atoms with Crippen molar-refractivity contribution in [3.8, 4) is 5.75 Å². The third-order valence-corrected chi connectivity index (χ3v) is 3.78. The molecule has 1 fully saturated rings. The van der Waals surface area contributed by atoms with Gasteiger partial charge in [-0.15, -0.1) is 0 Å². The second-order valence-electron chi connectivity index (χ2n) is 5.58. The molecular weight excluding hydrogens is 271 g/mol. The number of piperidine rings is 1. The van der Waals surface area contributed by atoms with E-state index in [1.54, 1.807) is 6.07 Å². The van der Waals surface area contributed by atoms with Crippen LogP contribution in [0.5, 0.6) is 5.75 Å². The van der Waals surface area contributed by atoms with Crippen molar-refractivity contribution in [3.05, 3.63) is 29.6 Å². The Morgan fingerprint density at radius 1 is 1.33 bits per heavy atom. The lowest BCUT2D eigenvalue weighted by molar-refractivity contribution is -0.133. The van der Waals surface area contributed by atoms with Gasteiger partial charge in [0.2, 0.25) is 5.91 Å². The number of likely N-dealkylation sites (tertiary alicyclic amines) is 1. The van der Waals surface area contributed by atoms with E-state index < -0.39 is 0 Å². The maximum Gasteiger partial charge on any atom is 0.236 e. The minimum atomic E-state index is -0.370. The van der Waals surface area contributed by atoms with Gasteiger partial charge in [0, 0.05) is 19.6 Å². The Bertz CT molecular complexity index is 487. The predicted octanol–water partition coefficient (Wildman–Crippen LogP) is 2.28. The van der Waals surface area contributed by atoms with E-state index in [2.05, 4.69) is 0 Å². The molecule has 0 aliphatic carbocycles. The molecule has 5 heteroatoms. The standard InChI is InChI=1S/C16H23FN2O2/c1-18(12-16(20)19-8-4-3-5-9-19)11-13-6-7-15(21-2)14(17)10-13/h6-7,10H,3-5,8-9,11-12H2,1-2H3. The highest BCUT2D eigenvalue weighted by Gasteiger charge is 2.18. The summed E-state index contributed by atoms with van der Waals surface area (Å²) in [5.74, 6) is 0.0303. The Balaban J connectivity index is 1.87. The summed E-state index contributed by atoms with van der Waals surface area (Å²) in [5, 5.41) is 0. The summed E-state index contributed by atoms with van der Waals surface area (Å²) in [6.45, 7) is 2.64. The molecule has 1 aliphatic rings. The van der Waals surface area contributed by atoms with Crippen molar-refractivity contribution in [1.82, 2.24) is 9.80 Å². The van der Waals surface area contributed by atoms with Crippen LogP contribution in [0.4, 0.5) is 4.39 Å². The number of ether oxygens (including phenoxy) is 1. The highest BCUT2D eigenvalue weighted by atomic mass is 19.1. The summed E-state index contributed by atoms with van der Waals surface area (Å²) in [5.41, 5.74) is 0.835. The Morgan fingerprint density at radius 2 is 2.05 bits per heavy atom. The summed E-state index contributed by atoms with van der Waals surface area (Å²) in [6.07, 6.45) is 3.41. The minimum Gasteiger partial charge on any atom is -0.494 e. The molecule has 1 aromatic rings. The summed E-state index contributed by atoms with van der Waals surface area (Å²) in [6, 6.07) is 4.90. The van der Waals surface area contributed by atoms with Crippen LogP contribution in [0, 0.1) is 5.82 Å². The molecule has 0 radical (unpaired) electrons. The highest BCUT2D eigenvalue weighted by Crippen LogP contribution is 2.18. The molecule has 1 aromatic carbocycles. The number of likely N-dealkylation sites (N-methyl/N-ethyl adjacent to an activating group) is 1. The number of halogens is 1. The number of benzene rings is 1. The first-order chi connectivity index (χ1) is 10.1. The second-order valence-corrected chi connectivity index (χ2v) is 5.58. The first-order valence-electron chi connectivity index (χ1n) is 7.39. The van der Waals surface area contributed by atoms with Crippen molar-refractivity contribution in [1.29, 1.82) is 0 Å². The van der Waals surface area contributed by atoms with Crippen molar-refractivity contribution in [2.45, 2.75) is 25.8 Å². The van der Waals surface area contributed by atoms with Gasteiger partial charge in [-0.05, 0) is 44.0 Å². The van der Waals surface area contributed by atoms with E-state index in [9.17, 15) is 9.18 Å². The monoisotopic (exact) mass is 294 g/mol. The van der Waals surface area contributed by atoms with Crippen LogP contribution in [0.1, 0.15) is 24.8 Å². The number of hydrogen-bond acceptors (Lipinski definition) is 3. The molecule has 0 bridgehead atoms. The van der Waals surface area contributed by atoms with E-state index in [0.29, 0.717) is 13.1 Å². The minimum absolute atomic E-state index is 0.159. The maximum atomic E-state index is 13.6. The number of amides is 1.